The van der Waals surface area contributed by atoms with Crippen LogP contribution < -0.4 is 4.74 Å². The van der Waals surface area contributed by atoms with Crippen LogP contribution in [0.25, 0.3) is 11.3 Å². The normalized spacial score (nSPS) is 9.59. The summed E-state index contributed by atoms with van der Waals surface area (Å²) in [6.07, 6.45) is 1.69. The van der Waals surface area contributed by atoms with Crippen molar-refractivity contribution < 1.29 is 14.3 Å². The molecule has 4 heteroatoms. The van der Waals surface area contributed by atoms with Gasteiger partial charge in [-0.15, -0.1) is 0 Å². The third kappa shape index (κ3) is 6.50. The zero-order chi connectivity index (χ0) is 16.2. The van der Waals surface area contributed by atoms with Crippen LogP contribution in [0, 0.1) is 0 Å². The van der Waals surface area contributed by atoms with Crippen LogP contribution in [0.4, 0.5) is 0 Å². The average Bonchev–Trinajstić information content (AvgIpc) is 2.57. The number of rotatable bonds is 7. The lowest BCUT2D eigenvalue weighted by molar-refractivity contribution is -0.121. The summed E-state index contributed by atoms with van der Waals surface area (Å²) in [5.41, 5.74) is 1.98. The summed E-state index contributed by atoms with van der Waals surface area (Å²) in [4.78, 5) is 15.0. The molecule has 0 unspecified atom stereocenters. The molecule has 0 radical (unpaired) electrons. The average molecular weight is 301 g/mol. The maximum Gasteiger partial charge on any atom is 0.155 e. The van der Waals surface area contributed by atoms with Crippen molar-refractivity contribution in [1.82, 2.24) is 4.98 Å². The van der Waals surface area contributed by atoms with E-state index >= 15 is 0 Å². The molecule has 1 heterocycles. The maximum absolute atomic E-state index is 10.7. The lowest BCUT2D eigenvalue weighted by Crippen LogP contribution is -2.11. The third-order valence-corrected chi connectivity index (χ3v) is 2.61. The van der Waals surface area contributed by atoms with Gasteiger partial charge in [0.15, 0.2) is 5.78 Å². The molecule has 1 aromatic carbocycles. The Kier molecular flexibility index (Phi) is 8.53. The van der Waals surface area contributed by atoms with Crippen molar-refractivity contribution in [3.8, 4) is 17.0 Å². The van der Waals surface area contributed by atoms with E-state index in [1.54, 1.807) is 6.20 Å². The molecular weight excluding hydrogens is 278 g/mol. The molecule has 0 fully saturated rings. The van der Waals surface area contributed by atoms with E-state index < -0.39 is 0 Å². The Labute approximate surface area is 132 Å². The van der Waals surface area contributed by atoms with Gasteiger partial charge in [0.05, 0.1) is 18.5 Å². The van der Waals surface area contributed by atoms with Crippen LogP contribution in [0.2, 0.25) is 0 Å². The molecule has 0 saturated carbocycles. The highest BCUT2D eigenvalue weighted by Crippen LogP contribution is 2.18. The van der Waals surface area contributed by atoms with Gasteiger partial charge in [-0.05, 0) is 19.1 Å². The second-order valence-electron chi connectivity index (χ2n) is 4.35. The Balaban J connectivity index is 0.00000116. The minimum atomic E-state index is 0.0129. The summed E-state index contributed by atoms with van der Waals surface area (Å²) in [7, 11) is 0. The molecule has 0 aliphatic rings. The Morgan fingerprint density at radius 2 is 1.77 bits per heavy atom. The first-order valence-corrected chi connectivity index (χ1v) is 7.47. The van der Waals surface area contributed by atoms with Crippen LogP contribution in [-0.4, -0.2) is 30.6 Å². The number of hydrogen-bond acceptors (Lipinski definition) is 4. The highest BCUT2D eigenvalue weighted by Gasteiger charge is 2.00. The number of hydrogen-bond donors (Lipinski definition) is 0. The molecule has 0 bridgehead atoms. The summed E-state index contributed by atoms with van der Waals surface area (Å²) in [5.74, 6) is 0.704. The molecule has 4 nitrogen and oxygen atoms in total. The molecule has 2 rings (SSSR count). The van der Waals surface area contributed by atoms with Crippen molar-refractivity contribution in [2.45, 2.75) is 20.8 Å². The van der Waals surface area contributed by atoms with Gasteiger partial charge in [-0.1, -0.05) is 44.2 Å². The van der Waals surface area contributed by atoms with Crippen molar-refractivity contribution in [3.63, 3.8) is 0 Å². The molecule has 1 aromatic heterocycles. The van der Waals surface area contributed by atoms with Crippen molar-refractivity contribution in [2.24, 2.45) is 0 Å². The number of ketones is 1. The van der Waals surface area contributed by atoms with Gasteiger partial charge in [-0.3, -0.25) is 9.78 Å². The summed E-state index contributed by atoms with van der Waals surface area (Å²) in [6, 6.07) is 13.8. The van der Waals surface area contributed by atoms with Gasteiger partial charge in [0.25, 0.3) is 0 Å². The van der Waals surface area contributed by atoms with E-state index in [4.69, 9.17) is 9.47 Å². The van der Waals surface area contributed by atoms with Crippen LogP contribution in [-0.2, 0) is 9.53 Å². The zero-order valence-corrected chi connectivity index (χ0v) is 13.4. The van der Waals surface area contributed by atoms with Crippen LogP contribution in [0.3, 0.4) is 0 Å². The predicted octanol–water partition coefficient (Wildman–Crippen LogP) is 3.76. The van der Waals surface area contributed by atoms with Gasteiger partial charge >= 0.3 is 0 Å². The van der Waals surface area contributed by atoms with Gasteiger partial charge in [-0.25, -0.2) is 0 Å². The fraction of sp³-hybridized carbons (Fsp3) is 0.333. The van der Waals surface area contributed by atoms with Crippen LogP contribution in [0.5, 0.6) is 5.75 Å². The van der Waals surface area contributed by atoms with Crippen molar-refractivity contribution in [3.05, 3.63) is 48.7 Å². The first kappa shape index (κ1) is 17.9. The first-order chi connectivity index (χ1) is 10.8. The second kappa shape index (κ2) is 10.5. The van der Waals surface area contributed by atoms with E-state index in [9.17, 15) is 4.79 Å². The van der Waals surface area contributed by atoms with E-state index in [0.717, 1.165) is 11.3 Å². The zero-order valence-electron chi connectivity index (χ0n) is 13.4. The lowest BCUT2D eigenvalue weighted by atomic mass is 10.1. The molecule has 2 aromatic rings. The SMILES string of the molecule is CC.CC(=O)COCCOc1ccc(-c2ccccc2)nc1. The number of benzene rings is 1. The number of ether oxygens (including phenoxy) is 2. The van der Waals surface area contributed by atoms with E-state index in [1.807, 2.05) is 56.3 Å². The highest BCUT2D eigenvalue weighted by molar-refractivity contribution is 5.76. The number of carbonyl (C=O) groups excluding carboxylic acids is 1. The molecule has 0 spiro atoms. The van der Waals surface area contributed by atoms with Gasteiger partial charge < -0.3 is 9.47 Å². The monoisotopic (exact) mass is 301 g/mol. The maximum atomic E-state index is 10.7. The lowest BCUT2D eigenvalue weighted by Gasteiger charge is -2.07. The van der Waals surface area contributed by atoms with E-state index in [2.05, 4.69) is 4.98 Å². The molecule has 0 amide bonds. The minimum Gasteiger partial charge on any atom is -0.490 e. The number of Topliss-reactive ketones (excluding diaryl/α,β-unsaturated/α-hetero) is 1. The van der Waals surface area contributed by atoms with Gasteiger partial charge in [-0.2, -0.15) is 0 Å². The number of pyridine rings is 1. The molecule has 118 valence electrons. The Bertz CT molecular complexity index is 538. The number of carbonyl (C=O) groups is 1. The molecule has 0 atom stereocenters. The van der Waals surface area contributed by atoms with Gasteiger partial charge in [0, 0.05) is 5.56 Å². The largest absolute Gasteiger partial charge is 0.490 e. The van der Waals surface area contributed by atoms with Crippen LogP contribution in [0.1, 0.15) is 20.8 Å². The summed E-state index contributed by atoms with van der Waals surface area (Å²) < 4.78 is 10.6. The standard InChI is InChI=1S/C16H17NO3.C2H6/c1-13(18)12-19-9-10-20-15-7-8-16(17-11-15)14-5-3-2-4-6-14;1-2/h2-8,11H,9-10,12H2,1H3;1-2H3. The van der Waals surface area contributed by atoms with Gasteiger partial charge in [0.1, 0.15) is 19.0 Å². The Morgan fingerprint density at radius 3 is 2.36 bits per heavy atom. The summed E-state index contributed by atoms with van der Waals surface area (Å²) in [6.45, 7) is 6.42. The second-order valence-corrected chi connectivity index (χ2v) is 4.35. The molecule has 0 aliphatic heterocycles. The summed E-state index contributed by atoms with van der Waals surface area (Å²) >= 11 is 0. The molecule has 22 heavy (non-hydrogen) atoms. The molecule has 0 aliphatic carbocycles. The predicted molar refractivity (Wildman–Crippen MR) is 88.0 cm³/mol. The third-order valence-electron chi connectivity index (χ3n) is 2.61. The topological polar surface area (TPSA) is 48.4 Å². The minimum absolute atomic E-state index is 0.0129. The fourth-order valence-electron chi connectivity index (χ4n) is 1.68. The molecule has 0 N–H and O–H groups in total. The van der Waals surface area contributed by atoms with Crippen LogP contribution in [0.15, 0.2) is 48.7 Å². The quantitative estimate of drug-likeness (QED) is 0.731. The first-order valence-electron chi connectivity index (χ1n) is 7.47. The van der Waals surface area contributed by atoms with E-state index in [0.29, 0.717) is 19.0 Å². The Hall–Kier alpha value is -2.20. The molecule has 0 saturated heterocycles. The smallest absolute Gasteiger partial charge is 0.155 e. The van der Waals surface area contributed by atoms with Crippen molar-refractivity contribution in [1.29, 1.82) is 0 Å². The van der Waals surface area contributed by atoms with E-state index in [1.165, 1.54) is 6.92 Å². The van der Waals surface area contributed by atoms with Gasteiger partial charge in [0.2, 0.25) is 0 Å². The highest BCUT2D eigenvalue weighted by atomic mass is 16.5. The fourth-order valence-corrected chi connectivity index (χ4v) is 1.68. The van der Waals surface area contributed by atoms with Crippen molar-refractivity contribution >= 4 is 5.78 Å². The van der Waals surface area contributed by atoms with Crippen molar-refractivity contribution in [2.75, 3.05) is 19.8 Å². The van der Waals surface area contributed by atoms with E-state index in [-0.39, 0.29) is 12.4 Å². The van der Waals surface area contributed by atoms with Crippen LogP contribution >= 0.6 is 0 Å². The number of nitrogens with zero attached hydrogens (tertiary/aromatic N) is 1. The Morgan fingerprint density at radius 1 is 1.05 bits per heavy atom. The molecular formula is C18H23NO3. The summed E-state index contributed by atoms with van der Waals surface area (Å²) in [5, 5.41) is 0. The number of aromatic nitrogens is 1.